The quantitative estimate of drug-likeness (QED) is 0.268. The van der Waals surface area contributed by atoms with Crippen LogP contribution in [0, 0.1) is 0 Å². The normalized spacial score (nSPS) is 14.8. The predicted octanol–water partition coefficient (Wildman–Crippen LogP) is 6.84. The zero-order valence-corrected chi connectivity index (χ0v) is 18.7. The van der Waals surface area contributed by atoms with E-state index in [4.69, 9.17) is 9.84 Å². The molecule has 9 heteroatoms. The van der Waals surface area contributed by atoms with Gasteiger partial charge in [-0.05, 0) is 26.2 Å². The number of carboxylic acids is 1. The number of methoxy groups -OCH3 is 1. The lowest BCUT2D eigenvalue weighted by Crippen LogP contribution is -2.49. The van der Waals surface area contributed by atoms with Crippen LogP contribution in [0.2, 0.25) is 0 Å². The lowest BCUT2D eigenvalue weighted by Gasteiger charge is -2.46. The maximum atomic E-state index is 11.3. The molecule has 0 amide bonds. The van der Waals surface area contributed by atoms with Gasteiger partial charge in [-0.3, -0.25) is 0 Å². The Kier molecular flexibility index (Phi) is 13.7. The number of hydrogen-bond donors (Lipinski definition) is 1. The van der Waals surface area contributed by atoms with Crippen LogP contribution in [-0.2, 0) is 9.53 Å². The average molecular weight is 438 g/mol. The predicted molar refractivity (Wildman–Crippen MR) is 105 cm³/mol. The summed E-state index contributed by atoms with van der Waals surface area (Å²) in [6.45, 7) is 9.14. The van der Waals surface area contributed by atoms with Gasteiger partial charge in [-0.1, -0.05) is 59.3 Å². The standard InChI is InChI=1S/C16H35OP.C3HF5O2/c1-6-9-12-15(4,17-5)16(18,13-10-7-2)14-11-8-3;4-2(5,1(9)10)3(6,7)8/h6-14,18H2,1-5H3;(H,9,10). The molecule has 0 spiro atoms. The summed E-state index contributed by atoms with van der Waals surface area (Å²) in [6.07, 6.45) is 5.36. The van der Waals surface area contributed by atoms with Crippen molar-refractivity contribution in [3.63, 3.8) is 0 Å². The first kappa shape index (κ1) is 29.7. The Morgan fingerprint density at radius 1 is 0.893 bits per heavy atom. The summed E-state index contributed by atoms with van der Waals surface area (Å²) in [5.74, 6) is -8.84. The molecule has 170 valence electrons. The van der Waals surface area contributed by atoms with E-state index in [2.05, 4.69) is 36.9 Å². The Hall–Kier alpha value is -0.490. The van der Waals surface area contributed by atoms with Gasteiger partial charge in [-0.25, -0.2) is 4.79 Å². The van der Waals surface area contributed by atoms with Gasteiger partial charge in [0.2, 0.25) is 0 Å². The molecule has 0 aromatic carbocycles. The fourth-order valence-corrected chi connectivity index (χ4v) is 3.50. The second kappa shape index (κ2) is 12.9. The molecule has 2 unspecified atom stereocenters. The van der Waals surface area contributed by atoms with Gasteiger partial charge < -0.3 is 9.84 Å². The van der Waals surface area contributed by atoms with Gasteiger partial charge >= 0.3 is 18.1 Å². The third-order valence-corrected chi connectivity index (χ3v) is 6.28. The number of unbranched alkanes of at least 4 members (excludes halogenated alkanes) is 3. The van der Waals surface area contributed by atoms with E-state index in [-0.39, 0.29) is 10.8 Å². The van der Waals surface area contributed by atoms with E-state index in [1.807, 2.05) is 7.11 Å². The molecule has 0 saturated carbocycles. The van der Waals surface area contributed by atoms with Crippen LogP contribution < -0.4 is 0 Å². The van der Waals surface area contributed by atoms with Gasteiger partial charge in [0.25, 0.3) is 0 Å². The van der Waals surface area contributed by atoms with Gasteiger partial charge in [0.15, 0.2) is 0 Å². The third-order valence-electron chi connectivity index (χ3n) is 5.09. The highest BCUT2D eigenvalue weighted by atomic mass is 31.0. The van der Waals surface area contributed by atoms with E-state index in [1.165, 1.54) is 57.8 Å². The Labute approximate surface area is 168 Å². The van der Waals surface area contributed by atoms with Crippen LogP contribution >= 0.6 is 9.24 Å². The van der Waals surface area contributed by atoms with Crippen molar-refractivity contribution in [1.29, 1.82) is 0 Å². The molecule has 0 aromatic rings. The van der Waals surface area contributed by atoms with Crippen molar-refractivity contribution in [3.8, 4) is 0 Å². The van der Waals surface area contributed by atoms with E-state index in [0.717, 1.165) is 0 Å². The van der Waals surface area contributed by atoms with Gasteiger partial charge in [0, 0.05) is 12.3 Å². The van der Waals surface area contributed by atoms with E-state index in [1.54, 1.807) is 0 Å². The minimum atomic E-state index is -6.02. The van der Waals surface area contributed by atoms with E-state index in [9.17, 15) is 26.7 Å². The molecule has 0 bridgehead atoms. The highest BCUT2D eigenvalue weighted by Gasteiger charge is 2.64. The van der Waals surface area contributed by atoms with Crippen molar-refractivity contribution in [1.82, 2.24) is 0 Å². The second-order valence-electron chi connectivity index (χ2n) is 7.28. The molecule has 0 aliphatic heterocycles. The van der Waals surface area contributed by atoms with Crippen molar-refractivity contribution in [2.75, 3.05) is 7.11 Å². The van der Waals surface area contributed by atoms with Crippen molar-refractivity contribution < 1.29 is 36.6 Å². The average Bonchev–Trinajstić information content (AvgIpc) is 2.62. The molecule has 0 rings (SSSR count). The molecule has 28 heavy (non-hydrogen) atoms. The lowest BCUT2D eigenvalue weighted by molar-refractivity contribution is -0.277. The van der Waals surface area contributed by atoms with E-state index in [0.29, 0.717) is 0 Å². The number of aliphatic carboxylic acids is 1. The maximum absolute atomic E-state index is 11.3. The molecule has 0 heterocycles. The molecule has 0 fully saturated rings. The van der Waals surface area contributed by atoms with Crippen LogP contribution in [0.4, 0.5) is 22.0 Å². The molecule has 3 nitrogen and oxygen atoms in total. The van der Waals surface area contributed by atoms with Crippen LogP contribution in [0.3, 0.4) is 0 Å². The fourth-order valence-electron chi connectivity index (χ4n) is 2.83. The monoisotopic (exact) mass is 438 g/mol. The summed E-state index contributed by atoms with van der Waals surface area (Å²) in [6, 6.07) is 0. The maximum Gasteiger partial charge on any atom is 0.465 e. The lowest BCUT2D eigenvalue weighted by atomic mass is 9.77. The number of rotatable bonds is 12. The summed E-state index contributed by atoms with van der Waals surface area (Å²) in [5.41, 5.74) is 0.0119. The molecule has 0 aliphatic rings. The molecule has 2 atom stereocenters. The summed E-state index contributed by atoms with van der Waals surface area (Å²) < 4.78 is 61.5. The van der Waals surface area contributed by atoms with Gasteiger partial charge in [0.1, 0.15) is 0 Å². The van der Waals surface area contributed by atoms with Crippen LogP contribution in [-0.4, -0.2) is 41.0 Å². The van der Waals surface area contributed by atoms with Gasteiger partial charge in [-0.15, -0.1) is 9.24 Å². The minimum absolute atomic E-state index is 0.0119. The van der Waals surface area contributed by atoms with Crippen LogP contribution in [0.5, 0.6) is 0 Å². The Morgan fingerprint density at radius 3 is 1.46 bits per heavy atom. The first-order valence-corrected chi connectivity index (χ1v) is 10.3. The third kappa shape index (κ3) is 8.89. The topological polar surface area (TPSA) is 46.5 Å². The molecule has 0 radical (unpaired) electrons. The van der Waals surface area contributed by atoms with Gasteiger partial charge in [0.05, 0.1) is 5.60 Å². The number of carboxylic acid groups (broad SMARTS) is 1. The smallest absolute Gasteiger partial charge is 0.465 e. The molecule has 0 aromatic heterocycles. The number of hydrogen-bond acceptors (Lipinski definition) is 2. The van der Waals surface area contributed by atoms with Crippen molar-refractivity contribution in [3.05, 3.63) is 0 Å². The highest BCUT2D eigenvalue weighted by Crippen LogP contribution is 2.45. The SMILES string of the molecule is CCCCC(P)(CCCC)C(C)(CCCC)OC.O=C(O)C(F)(F)C(F)(F)F. The van der Waals surface area contributed by atoms with E-state index >= 15 is 0 Å². The van der Waals surface area contributed by atoms with Gasteiger partial charge in [-0.2, -0.15) is 22.0 Å². The Balaban J connectivity index is 0. The zero-order valence-electron chi connectivity index (χ0n) is 17.6. The molecular formula is C19H36F5O3P. The summed E-state index contributed by atoms with van der Waals surface area (Å²) in [5, 5.41) is 7.56. The van der Waals surface area contributed by atoms with Crippen LogP contribution in [0.25, 0.3) is 0 Å². The summed E-state index contributed by atoms with van der Waals surface area (Å²) in [4.78, 5) is 9.20. The second-order valence-corrected chi connectivity index (χ2v) is 8.38. The number of alkyl halides is 5. The highest BCUT2D eigenvalue weighted by molar-refractivity contribution is 7.19. The largest absolute Gasteiger partial charge is 0.477 e. The molecule has 0 saturated heterocycles. The first-order valence-electron chi connectivity index (χ1n) is 9.71. The summed E-state index contributed by atoms with van der Waals surface area (Å²) in [7, 11) is 5.07. The van der Waals surface area contributed by atoms with E-state index < -0.39 is 18.1 Å². The first-order chi connectivity index (χ1) is 12.7. The Morgan fingerprint density at radius 2 is 1.25 bits per heavy atom. The Bertz CT molecular complexity index is 436. The summed E-state index contributed by atoms with van der Waals surface area (Å²) >= 11 is 0. The van der Waals surface area contributed by atoms with Crippen LogP contribution in [0.15, 0.2) is 0 Å². The molecular weight excluding hydrogens is 402 g/mol. The van der Waals surface area contributed by atoms with Crippen LogP contribution in [0.1, 0.15) is 85.5 Å². The van der Waals surface area contributed by atoms with Crippen molar-refractivity contribution in [2.24, 2.45) is 0 Å². The number of ether oxygens (including phenoxy) is 1. The van der Waals surface area contributed by atoms with Crippen molar-refractivity contribution in [2.45, 2.75) is 108 Å². The minimum Gasteiger partial charge on any atom is -0.477 e. The fraction of sp³-hybridized carbons (Fsp3) is 0.947. The zero-order chi connectivity index (χ0) is 22.6. The number of halogens is 5. The number of carbonyl (C=O) groups is 1. The van der Waals surface area contributed by atoms with Crippen molar-refractivity contribution >= 4 is 15.2 Å². The molecule has 0 aliphatic carbocycles. The molecule has 1 N–H and O–H groups in total.